The number of hydrogen-bond acceptors (Lipinski definition) is 16. The van der Waals surface area contributed by atoms with Gasteiger partial charge in [-0.2, -0.15) is 12.6 Å². The van der Waals surface area contributed by atoms with Crippen molar-refractivity contribution in [2.75, 3.05) is 5.75 Å². The zero-order chi connectivity index (χ0) is 65.9. The average molecular weight is 1250 g/mol. The van der Waals surface area contributed by atoms with Crippen LogP contribution in [0.5, 0.6) is 5.75 Å². The summed E-state index contributed by atoms with van der Waals surface area (Å²) in [4.78, 5) is 169. The molecule has 0 spiro atoms. The van der Waals surface area contributed by atoms with E-state index in [1.807, 2.05) is 0 Å². The summed E-state index contributed by atoms with van der Waals surface area (Å²) >= 11 is 4.24. The number of benzene rings is 2. The van der Waals surface area contributed by atoms with E-state index in [9.17, 15) is 67.7 Å². The second-order valence-electron chi connectivity index (χ2n) is 22.8. The second-order valence-corrected chi connectivity index (χ2v) is 23.2. The Labute approximate surface area is 517 Å². The summed E-state index contributed by atoms with van der Waals surface area (Å²) in [6.45, 7) is 13.5. The number of aliphatic carboxylic acids is 1. The summed E-state index contributed by atoms with van der Waals surface area (Å²) in [6, 6.07) is 0.745. The van der Waals surface area contributed by atoms with Crippen LogP contribution in [0.25, 0.3) is 0 Å². The molecule has 18 N–H and O–H groups in total. The Hall–Kier alpha value is -8.60. The molecule has 28 nitrogen and oxygen atoms in total. The molecule has 11 atom stereocenters. The predicted molar refractivity (Wildman–Crippen MR) is 327 cm³/mol. The highest BCUT2D eigenvalue weighted by molar-refractivity contribution is 7.80. The molecule has 484 valence electrons. The van der Waals surface area contributed by atoms with Crippen LogP contribution in [-0.2, 0) is 76.8 Å². The number of amides is 11. The van der Waals surface area contributed by atoms with Gasteiger partial charge in [-0.15, -0.1) is 0 Å². The van der Waals surface area contributed by atoms with E-state index in [-0.39, 0.29) is 68.8 Å². The van der Waals surface area contributed by atoms with Crippen molar-refractivity contribution in [3.8, 4) is 5.75 Å². The van der Waals surface area contributed by atoms with Gasteiger partial charge in [0, 0.05) is 49.7 Å². The minimum absolute atomic E-state index is 0.0199. The first-order valence-electron chi connectivity index (χ1n) is 29.1. The van der Waals surface area contributed by atoms with Crippen LogP contribution >= 0.6 is 12.6 Å². The summed E-state index contributed by atoms with van der Waals surface area (Å²) < 4.78 is 0. The number of nitrogens with two attached hydrogens (primary N) is 3. The number of thiol groups is 1. The zero-order valence-corrected chi connectivity index (χ0v) is 51.8. The van der Waals surface area contributed by atoms with Gasteiger partial charge >= 0.3 is 5.97 Å². The molecule has 2 aromatic carbocycles. The van der Waals surface area contributed by atoms with E-state index in [0.717, 1.165) is 0 Å². The highest BCUT2D eigenvalue weighted by Crippen LogP contribution is 2.16. The fraction of sp³-hybridized carbons (Fsp3) is 0.542. The lowest BCUT2D eigenvalue weighted by atomic mass is 9.95. The fourth-order valence-electron chi connectivity index (χ4n) is 8.97. The van der Waals surface area contributed by atoms with Gasteiger partial charge in [0.2, 0.25) is 65.0 Å². The largest absolute Gasteiger partial charge is 0.508 e. The first kappa shape index (κ1) is 73.7. The first-order chi connectivity index (χ1) is 41.4. The SMILES string of the molecule is CC[C@H](C)[C@H](NC(=O)[C@@H](NC(=O)[C@H](CS)NC(=O)[C@H](CCC(N)=O)NC(=O)[C@@H](N)CCC(N)=O)C(C)C)C(=O)N[C@@H](Cc1ccccc1)C(=O)N[C@@H](CC(C)C)C(=O)N[C@@H](Cc1cnc[nH]1)C(=O)N[C@@H](Cc1ccc(O)cc1)C(=O)N[C@H](C(=O)O)C(C)C. The molecule has 3 rings (SSSR count). The molecule has 0 saturated carbocycles. The summed E-state index contributed by atoms with van der Waals surface area (Å²) in [5, 5.41) is 43.5. The molecular formula is C59H88N14O14S. The van der Waals surface area contributed by atoms with Crippen molar-refractivity contribution in [1.82, 2.24) is 57.8 Å². The van der Waals surface area contributed by atoms with Crippen molar-refractivity contribution in [3.63, 3.8) is 0 Å². The molecule has 0 aliphatic heterocycles. The number of carbonyl (C=O) groups is 12. The average Bonchev–Trinajstić information content (AvgIpc) is 3.52. The Morgan fingerprint density at radius 3 is 1.45 bits per heavy atom. The Kier molecular flexibility index (Phi) is 30.6. The maximum absolute atomic E-state index is 14.7. The van der Waals surface area contributed by atoms with E-state index in [4.69, 9.17) is 17.2 Å². The lowest BCUT2D eigenvalue weighted by molar-refractivity contribution is -0.143. The number of aromatic amines is 1. The molecule has 0 radical (unpaired) electrons. The van der Waals surface area contributed by atoms with Crippen molar-refractivity contribution < 1.29 is 67.7 Å². The van der Waals surface area contributed by atoms with Crippen molar-refractivity contribution in [2.45, 2.75) is 174 Å². The molecule has 0 saturated heterocycles. The van der Waals surface area contributed by atoms with Gasteiger partial charge in [-0.3, -0.25) is 52.7 Å². The van der Waals surface area contributed by atoms with Crippen molar-refractivity contribution in [1.29, 1.82) is 0 Å². The van der Waals surface area contributed by atoms with Crippen LogP contribution in [0.15, 0.2) is 67.1 Å². The third kappa shape index (κ3) is 25.0. The van der Waals surface area contributed by atoms with Crippen LogP contribution in [-0.4, -0.2) is 157 Å². The van der Waals surface area contributed by atoms with Crippen molar-refractivity contribution in [2.24, 2.45) is 40.9 Å². The van der Waals surface area contributed by atoms with Gasteiger partial charge in [0.05, 0.1) is 12.4 Å². The van der Waals surface area contributed by atoms with Gasteiger partial charge in [0.25, 0.3) is 0 Å². The molecule has 1 heterocycles. The highest BCUT2D eigenvalue weighted by atomic mass is 32.1. The van der Waals surface area contributed by atoms with Crippen LogP contribution < -0.4 is 65.1 Å². The highest BCUT2D eigenvalue weighted by Gasteiger charge is 2.38. The number of H-pyrrole nitrogens is 1. The quantitative estimate of drug-likeness (QED) is 0.0299. The molecule has 0 aliphatic carbocycles. The number of carboxylic acid groups (broad SMARTS) is 1. The van der Waals surface area contributed by atoms with E-state index in [0.29, 0.717) is 23.2 Å². The number of primary amides is 2. The molecule has 0 aliphatic rings. The lowest BCUT2D eigenvalue weighted by Gasteiger charge is -2.31. The van der Waals surface area contributed by atoms with E-state index in [1.165, 1.54) is 36.8 Å². The maximum Gasteiger partial charge on any atom is 0.326 e. The van der Waals surface area contributed by atoms with Crippen LogP contribution in [0, 0.1) is 23.7 Å². The molecule has 0 unspecified atom stereocenters. The Morgan fingerprint density at radius 1 is 0.523 bits per heavy atom. The first-order valence-corrected chi connectivity index (χ1v) is 29.8. The molecule has 29 heteroatoms. The Morgan fingerprint density at radius 2 is 0.955 bits per heavy atom. The minimum atomic E-state index is -1.44. The smallest absolute Gasteiger partial charge is 0.326 e. The van der Waals surface area contributed by atoms with Crippen LogP contribution in [0.4, 0.5) is 0 Å². The number of imidazole rings is 1. The van der Waals surface area contributed by atoms with E-state index in [1.54, 1.807) is 85.7 Å². The number of phenolic OH excluding ortho intramolecular Hbond substituents is 1. The number of hydrogen-bond donors (Lipinski definition) is 16. The van der Waals surface area contributed by atoms with Gasteiger partial charge in [-0.1, -0.05) is 104 Å². The number of nitrogens with one attached hydrogen (secondary N) is 10. The van der Waals surface area contributed by atoms with Crippen LogP contribution in [0.1, 0.15) is 111 Å². The molecule has 0 fully saturated rings. The summed E-state index contributed by atoms with van der Waals surface area (Å²) in [7, 11) is 0. The normalized spacial score (nSPS) is 15.0. The summed E-state index contributed by atoms with van der Waals surface area (Å²) in [6.07, 6.45) is 1.64. The molecule has 11 amide bonds. The molecule has 0 bridgehead atoms. The summed E-state index contributed by atoms with van der Waals surface area (Å²) in [5.74, 6) is -12.8. The van der Waals surface area contributed by atoms with Gasteiger partial charge in [0.15, 0.2) is 0 Å². The second kappa shape index (κ2) is 36.5. The van der Waals surface area contributed by atoms with Crippen LogP contribution in [0.2, 0.25) is 0 Å². The zero-order valence-electron chi connectivity index (χ0n) is 50.9. The lowest BCUT2D eigenvalue weighted by Crippen LogP contribution is -2.62. The van der Waals surface area contributed by atoms with Gasteiger partial charge < -0.3 is 80.2 Å². The van der Waals surface area contributed by atoms with Crippen molar-refractivity contribution in [3.05, 3.63) is 83.9 Å². The molecule has 1 aromatic heterocycles. The van der Waals surface area contributed by atoms with E-state index >= 15 is 0 Å². The third-order valence-electron chi connectivity index (χ3n) is 14.3. The third-order valence-corrected chi connectivity index (χ3v) is 14.7. The number of aromatic nitrogens is 2. The Balaban J connectivity index is 1.93. The van der Waals surface area contributed by atoms with E-state index in [2.05, 4.69) is 70.4 Å². The topological polar surface area (TPSA) is 460 Å². The number of aromatic hydroxyl groups is 1. The monoisotopic (exact) mass is 1250 g/mol. The maximum atomic E-state index is 14.7. The fourth-order valence-corrected chi connectivity index (χ4v) is 9.23. The number of rotatable bonds is 38. The summed E-state index contributed by atoms with van der Waals surface area (Å²) in [5.41, 5.74) is 17.9. The van der Waals surface area contributed by atoms with E-state index < -0.39 is 149 Å². The number of carbonyl (C=O) groups excluding carboxylic acids is 11. The van der Waals surface area contributed by atoms with Gasteiger partial charge in [-0.05, 0) is 66.2 Å². The van der Waals surface area contributed by atoms with Gasteiger partial charge in [-0.25, -0.2) is 9.78 Å². The van der Waals surface area contributed by atoms with Crippen LogP contribution in [0.3, 0.4) is 0 Å². The Bertz CT molecular complexity index is 2840. The molecule has 3 aromatic rings. The minimum Gasteiger partial charge on any atom is -0.508 e. The number of carboxylic acids is 1. The van der Waals surface area contributed by atoms with Gasteiger partial charge in [0.1, 0.15) is 60.1 Å². The number of phenols is 1. The molecule has 88 heavy (non-hydrogen) atoms. The van der Waals surface area contributed by atoms with Crippen molar-refractivity contribution >= 4 is 83.6 Å². The number of nitrogens with zero attached hydrogens (tertiary/aromatic N) is 1. The predicted octanol–water partition coefficient (Wildman–Crippen LogP) is -1.22. The molecular weight excluding hydrogens is 1160 g/mol. The standard InChI is InChI=1S/C59H88N14O14S/c1-9-33(8)49(73-57(84)47(31(4)5)71-56(83)44(28-88)70-51(78)39(20-22-46(62)76)65-50(77)38(60)19-21-45(61)75)58(85)69-41(24-34-13-11-10-12-14-34)53(80)66-40(23-30(2)3)52(79)68-43(26-36-27-63-29-64-36)54(81)67-42(25-35-15-17-37(74)18-16-35)55(82)72-48(32(6)7)59(86)87/h10-18,27,29-33,38-44,47-49,74,88H,9,19-26,28,60H2,1-8H3,(H2,61,75)(H2,62,76)(H,63,64)(H,65,77)(H,66,80)(H,67,81)(H,68,79)(H,69,85)(H,70,78)(H,71,83)(H,72,82)(H,73,84)(H,86,87)/t33-,38-,39-,40-,41-,42-,43-,44-,47-,48-,49-/m0/s1.